The summed E-state index contributed by atoms with van der Waals surface area (Å²) in [5, 5.41) is 6.04. The molecule has 0 saturated carbocycles. The highest BCUT2D eigenvalue weighted by molar-refractivity contribution is 6.01. The lowest BCUT2D eigenvalue weighted by atomic mass is 10.4. The van der Waals surface area contributed by atoms with E-state index >= 15 is 0 Å². The van der Waals surface area contributed by atoms with E-state index in [0.29, 0.717) is 18.1 Å². The molecule has 0 unspecified atom stereocenters. The van der Waals surface area contributed by atoms with Crippen LogP contribution in [0.3, 0.4) is 0 Å². The Morgan fingerprint density at radius 3 is 2.87 bits per heavy atom. The number of aromatic nitrogens is 2. The first-order valence-electron chi connectivity index (χ1n) is 4.54. The molecular weight excluding hydrogens is 200 g/mol. The number of carbonyl (C=O) groups excluding carboxylic acids is 2. The van der Waals surface area contributed by atoms with Crippen molar-refractivity contribution in [1.82, 2.24) is 20.4 Å². The summed E-state index contributed by atoms with van der Waals surface area (Å²) in [6.07, 6.45) is 0.389. The molecule has 1 aromatic rings. The number of nitrogens with zero attached hydrogens (tertiary/aromatic N) is 3. The monoisotopic (exact) mass is 210 g/mol. The molecule has 0 radical (unpaired) electrons. The summed E-state index contributed by atoms with van der Waals surface area (Å²) >= 11 is 0. The van der Waals surface area contributed by atoms with Gasteiger partial charge in [-0.1, -0.05) is 5.16 Å². The first-order valence-corrected chi connectivity index (χ1v) is 4.54. The molecular formula is C8H10N4O3. The van der Waals surface area contributed by atoms with Crippen molar-refractivity contribution in [1.29, 1.82) is 0 Å². The van der Waals surface area contributed by atoms with Crippen LogP contribution in [0.25, 0.3) is 0 Å². The molecule has 0 spiro atoms. The normalized spacial score (nSPS) is 15.9. The van der Waals surface area contributed by atoms with Crippen LogP contribution in [0.4, 0.5) is 4.79 Å². The molecule has 7 heteroatoms. The van der Waals surface area contributed by atoms with Gasteiger partial charge in [-0.25, -0.2) is 4.79 Å². The number of carbonyl (C=O) groups is 2. The maximum atomic E-state index is 11.2. The Kier molecular flexibility index (Phi) is 2.36. The minimum Gasteiger partial charge on any atom is -0.339 e. The van der Waals surface area contributed by atoms with Crippen LogP contribution in [-0.2, 0) is 11.2 Å². The smallest absolute Gasteiger partial charge is 0.324 e. The Morgan fingerprint density at radius 1 is 1.53 bits per heavy atom. The van der Waals surface area contributed by atoms with Crippen LogP contribution in [0.2, 0.25) is 0 Å². The number of hydrogen-bond acceptors (Lipinski definition) is 5. The van der Waals surface area contributed by atoms with Gasteiger partial charge in [-0.3, -0.25) is 9.69 Å². The van der Waals surface area contributed by atoms with Gasteiger partial charge in [0.25, 0.3) is 0 Å². The molecule has 2 rings (SSSR count). The van der Waals surface area contributed by atoms with E-state index < -0.39 is 0 Å². The molecule has 3 amide bonds. The van der Waals surface area contributed by atoms with Crippen LogP contribution in [-0.4, -0.2) is 40.1 Å². The lowest BCUT2D eigenvalue weighted by Crippen LogP contribution is -2.32. The molecule has 0 atom stereocenters. The molecule has 2 heterocycles. The van der Waals surface area contributed by atoms with Crippen molar-refractivity contribution < 1.29 is 14.1 Å². The van der Waals surface area contributed by atoms with Crippen LogP contribution in [0.15, 0.2) is 4.52 Å². The lowest BCUT2D eigenvalue weighted by molar-refractivity contribution is -0.124. The van der Waals surface area contributed by atoms with Crippen molar-refractivity contribution in [3.8, 4) is 0 Å². The third-order valence-electron chi connectivity index (χ3n) is 2.06. The highest BCUT2D eigenvalue weighted by atomic mass is 16.5. The quantitative estimate of drug-likeness (QED) is 0.677. The third kappa shape index (κ3) is 1.95. The molecule has 1 aliphatic heterocycles. The summed E-state index contributed by atoms with van der Waals surface area (Å²) in [6, 6.07) is -0.365. The Morgan fingerprint density at radius 2 is 2.33 bits per heavy atom. The summed E-state index contributed by atoms with van der Waals surface area (Å²) in [4.78, 5) is 27.4. The Labute approximate surface area is 85.4 Å². The molecule has 1 fully saturated rings. The highest BCUT2D eigenvalue weighted by Crippen LogP contribution is 2.03. The van der Waals surface area contributed by atoms with Gasteiger partial charge < -0.3 is 9.84 Å². The van der Waals surface area contributed by atoms with E-state index in [1.165, 1.54) is 0 Å². The van der Waals surface area contributed by atoms with Gasteiger partial charge in [-0.05, 0) is 6.92 Å². The minimum absolute atomic E-state index is 0.0711. The van der Waals surface area contributed by atoms with E-state index in [9.17, 15) is 9.59 Å². The number of aryl methyl sites for hydroxylation is 1. The van der Waals surface area contributed by atoms with Gasteiger partial charge in [0.05, 0.1) is 6.54 Å². The number of rotatable bonds is 3. The van der Waals surface area contributed by atoms with Gasteiger partial charge in [0.1, 0.15) is 0 Å². The van der Waals surface area contributed by atoms with Gasteiger partial charge in [0, 0.05) is 13.0 Å². The van der Waals surface area contributed by atoms with Crippen LogP contribution < -0.4 is 5.32 Å². The van der Waals surface area contributed by atoms with Crippen molar-refractivity contribution in [2.45, 2.75) is 13.3 Å². The number of amides is 3. The van der Waals surface area contributed by atoms with E-state index in [1.807, 2.05) is 0 Å². The summed E-state index contributed by atoms with van der Waals surface area (Å²) in [6.45, 7) is 2.05. The predicted octanol–water partition coefficient (Wildman–Crippen LogP) is -0.528. The standard InChI is InChI=1S/C8H10N4O3/c1-5-10-6(15-11-5)2-3-12-7(13)4-9-8(12)14/h2-4H2,1H3,(H,9,14). The van der Waals surface area contributed by atoms with Crippen molar-refractivity contribution in [3.05, 3.63) is 11.7 Å². The fourth-order valence-electron chi connectivity index (χ4n) is 1.33. The molecule has 1 aromatic heterocycles. The zero-order valence-corrected chi connectivity index (χ0v) is 8.19. The van der Waals surface area contributed by atoms with Gasteiger partial charge >= 0.3 is 6.03 Å². The molecule has 7 nitrogen and oxygen atoms in total. The summed E-state index contributed by atoms with van der Waals surface area (Å²) in [7, 11) is 0. The third-order valence-corrected chi connectivity index (χ3v) is 2.06. The first-order chi connectivity index (χ1) is 7.16. The summed E-state index contributed by atoms with van der Waals surface area (Å²) < 4.78 is 4.86. The molecule has 0 bridgehead atoms. The van der Waals surface area contributed by atoms with E-state index in [-0.39, 0.29) is 25.0 Å². The second kappa shape index (κ2) is 3.68. The van der Waals surface area contributed by atoms with Crippen LogP contribution in [0, 0.1) is 6.92 Å². The summed E-state index contributed by atoms with van der Waals surface area (Å²) in [5.41, 5.74) is 0. The van der Waals surface area contributed by atoms with Crippen molar-refractivity contribution in [2.75, 3.05) is 13.1 Å². The number of imide groups is 1. The average molecular weight is 210 g/mol. The maximum absolute atomic E-state index is 11.2. The zero-order chi connectivity index (χ0) is 10.8. The topological polar surface area (TPSA) is 88.3 Å². The first kappa shape index (κ1) is 9.63. The van der Waals surface area contributed by atoms with E-state index in [4.69, 9.17) is 4.52 Å². The lowest BCUT2D eigenvalue weighted by Gasteiger charge is -2.09. The second-order valence-corrected chi connectivity index (χ2v) is 3.19. The van der Waals surface area contributed by atoms with Gasteiger partial charge in [-0.15, -0.1) is 0 Å². The molecule has 80 valence electrons. The van der Waals surface area contributed by atoms with Crippen molar-refractivity contribution >= 4 is 11.9 Å². The zero-order valence-electron chi connectivity index (χ0n) is 8.19. The number of hydrogen-bond donors (Lipinski definition) is 1. The van der Waals surface area contributed by atoms with Crippen LogP contribution >= 0.6 is 0 Å². The molecule has 0 aromatic carbocycles. The average Bonchev–Trinajstić information content (AvgIpc) is 2.73. The molecule has 0 aliphatic carbocycles. The minimum atomic E-state index is -0.365. The van der Waals surface area contributed by atoms with Gasteiger partial charge in [0.2, 0.25) is 11.8 Å². The van der Waals surface area contributed by atoms with Gasteiger partial charge in [0.15, 0.2) is 5.82 Å². The molecule has 15 heavy (non-hydrogen) atoms. The van der Waals surface area contributed by atoms with E-state index in [1.54, 1.807) is 6.92 Å². The Hall–Kier alpha value is -1.92. The fraction of sp³-hybridized carbons (Fsp3) is 0.500. The van der Waals surface area contributed by atoms with Crippen molar-refractivity contribution in [2.24, 2.45) is 0 Å². The van der Waals surface area contributed by atoms with E-state index in [0.717, 1.165) is 4.90 Å². The predicted molar refractivity (Wildman–Crippen MR) is 47.9 cm³/mol. The molecule has 1 aliphatic rings. The van der Waals surface area contributed by atoms with Crippen LogP contribution in [0.5, 0.6) is 0 Å². The van der Waals surface area contributed by atoms with Gasteiger partial charge in [-0.2, -0.15) is 4.98 Å². The number of urea groups is 1. The molecule has 1 N–H and O–H groups in total. The highest BCUT2D eigenvalue weighted by Gasteiger charge is 2.28. The van der Waals surface area contributed by atoms with Crippen molar-refractivity contribution in [3.63, 3.8) is 0 Å². The Bertz CT molecular complexity index is 384. The molecule has 1 saturated heterocycles. The Balaban J connectivity index is 1.93. The second-order valence-electron chi connectivity index (χ2n) is 3.19. The fourth-order valence-corrected chi connectivity index (χ4v) is 1.33. The largest absolute Gasteiger partial charge is 0.339 e. The SMILES string of the molecule is Cc1noc(CCN2C(=O)CNC2=O)n1. The van der Waals surface area contributed by atoms with Crippen LogP contribution in [0.1, 0.15) is 11.7 Å². The van der Waals surface area contributed by atoms with E-state index in [2.05, 4.69) is 15.5 Å². The maximum Gasteiger partial charge on any atom is 0.324 e. The summed E-state index contributed by atoms with van der Waals surface area (Å²) in [5.74, 6) is 0.749. The number of nitrogens with one attached hydrogen (secondary N) is 1.